The Bertz CT molecular complexity index is 713. The largest absolute Gasteiger partial charge is 0.481 e. The highest BCUT2D eigenvalue weighted by molar-refractivity contribution is 7.93. The summed E-state index contributed by atoms with van der Waals surface area (Å²) in [5, 5.41) is 2.18. The number of aromatic nitrogens is 2. The van der Waals surface area contributed by atoms with Gasteiger partial charge in [0.2, 0.25) is 24.0 Å². The Morgan fingerprint density at radius 2 is 1.92 bits per heavy atom. The molecule has 0 aromatic carbocycles. The second kappa shape index (κ2) is 8.82. The fourth-order valence-electron chi connectivity index (χ4n) is 1.36. The van der Waals surface area contributed by atoms with Crippen molar-refractivity contribution >= 4 is 40.5 Å². The van der Waals surface area contributed by atoms with Gasteiger partial charge in [-0.15, -0.1) is 0 Å². The molecule has 1 unspecified atom stereocenters. The Morgan fingerprint density at radius 1 is 1.36 bits per heavy atom. The average Bonchev–Trinajstić information content (AvgIpc) is 2.58. The quantitative estimate of drug-likeness (QED) is 0.284. The zero-order valence-electron chi connectivity index (χ0n) is 14.5. The minimum absolute atomic E-state index is 0.138. The molecule has 0 spiro atoms. The van der Waals surface area contributed by atoms with Gasteiger partial charge < -0.3 is 9.47 Å². The zero-order chi connectivity index (χ0) is 19.1. The van der Waals surface area contributed by atoms with Crippen LogP contribution in [0.25, 0.3) is 0 Å². The lowest BCUT2D eigenvalue weighted by atomic mass is 10.6. The van der Waals surface area contributed by atoms with Crippen molar-refractivity contribution in [1.82, 2.24) is 14.7 Å². The third-order valence-electron chi connectivity index (χ3n) is 3.02. The number of nitrogens with zero attached hydrogens (tertiary/aromatic N) is 4. The Hall–Kier alpha value is -2.12. The minimum Gasteiger partial charge on any atom is -0.481 e. The van der Waals surface area contributed by atoms with Crippen LogP contribution in [0.5, 0.6) is 11.8 Å². The van der Waals surface area contributed by atoms with E-state index >= 15 is 0 Å². The molecule has 1 atom stereocenters. The van der Waals surface area contributed by atoms with Crippen LogP contribution in [0.4, 0.5) is 10.7 Å². The number of carbonyl (C=O) groups is 1. The first kappa shape index (κ1) is 20.9. The highest BCUT2D eigenvalue weighted by atomic mass is 32.2. The van der Waals surface area contributed by atoms with Crippen LogP contribution in [0.15, 0.2) is 10.5 Å². The molecule has 13 heteroatoms. The van der Waals surface area contributed by atoms with E-state index in [4.69, 9.17) is 9.47 Å². The van der Waals surface area contributed by atoms with Gasteiger partial charge in [0.15, 0.2) is 0 Å². The second-order valence-corrected chi connectivity index (χ2v) is 7.27. The van der Waals surface area contributed by atoms with Crippen molar-refractivity contribution in [3.8, 4) is 11.8 Å². The lowest BCUT2D eigenvalue weighted by Crippen LogP contribution is -2.37. The van der Waals surface area contributed by atoms with Crippen molar-refractivity contribution in [3.05, 3.63) is 6.07 Å². The first-order valence-electron chi connectivity index (χ1n) is 6.95. The minimum atomic E-state index is -4.23. The number of rotatable bonds is 8. The van der Waals surface area contributed by atoms with E-state index < -0.39 is 16.2 Å². The Labute approximate surface area is 150 Å². The van der Waals surface area contributed by atoms with Crippen molar-refractivity contribution in [2.24, 2.45) is 4.40 Å². The predicted molar refractivity (Wildman–Crippen MR) is 94.9 cm³/mol. The molecule has 11 nitrogen and oxygen atoms in total. The van der Waals surface area contributed by atoms with Crippen LogP contribution in [0.1, 0.15) is 6.92 Å². The lowest BCUT2D eigenvalue weighted by molar-refractivity contribution is -0.662. The summed E-state index contributed by atoms with van der Waals surface area (Å²) >= 11 is 1.39. The zero-order valence-corrected chi connectivity index (χ0v) is 16.1. The summed E-state index contributed by atoms with van der Waals surface area (Å²) in [6.45, 7) is 2.49. The smallest absolute Gasteiger partial charge is 0.350 e. The summed E-state index contributed by atoms with van der Waals surface area (Å²) in [6, 6.07) is 0.332. The van der Waals surface area contributed by atoms with Gasteiger partial charge >= 0.3 is 16.2 Å². The standard InChI is InChI=1S/C12H20N6O5S2/c1-6-18(2,24-5)8-13-25(20,21)17-12(19)16-11-14-9(22-3)7-10(15-11)23-4/h7-8H,6H2,1-5H3,(H-,14,15,16,17,19)/p+1. The van der Waals surface area contributed by atoms with Gasteiger partial charge in [-0.2, -0.15) is 18.4 Å². The molecular formula is C12H21N6O5S2+. The third kappa shape index (κ3) is 6.72. The molecule has 2 amide bonds. The fourth-order valence-corrected chi connectivity index (χ4v) is 2.49. The van der Waals surface area contributed by atoms with Crippen molar-refractivity contribution in [2.75, 3.05) is 39.4 Å². The molecule has 140 valence electrons. The number of anilines is 1. The van der Waals surface area contributed by atoms with E-state index in [1.807, 2.05) is 13.2 Å². The summed E-state index contributed by atoms with van der Waals surface area (Å²) in [7, 11) is 0.302. The van der Waals surface area contributed by atoms with E-state index in [0.29, 0.717) is 6.54 Å². The predicted octanol–water partition coefficient (Wildman–Crippen LogP) is 0.633. The molecule has 0 aliphatic heterocycles. The molecule has 0 saturated heterocycles. The molecule has 0 radical (unpaired) electrons. The van der Waals surface area contributed by atoms with Gasteiger partial charge in [-0.05, 0) is 6.92 Å². The summed E-state index contributed by atoms with van der Waals surface area (Å²) in [6.07, 6.45) is 3.04. The van der Waals surface area contributed by atoms with E-state index in [1.54, 1.807) is 11.8 Å². The maximum absolute atomic E-state index is 11.9. The van der Waals surface area contributed by atoms with E-state index in [9.17, 15) is 13.2 Å². The van der Waals surface area contributed by atoms with Gasteiger partial charge in [0, 0.05) is 6.26 Å². The number of methoxy groups -OCH3 is 2. The van der Waals surface area contributed by atoms with Crippen molar-refractivity contribution in [3.63, 3.8) is 0 Å². The molecule has 0 aliphatic rings. The van der Waals surface area contributed by atoms with Crippen molar-refractivity contribution in [2.45, 2.75) is 6.92 Å². The van der Waals surface area contributed by atoms with Gasteiger partial charge in [-0.25, -0.2) is 13.4 Å². The van der Waals surface area contributed by atoms with E-state index in [-0.39, 0.29) is 21.6 Å². The number of quaternary nitrogens is 1. The highest BCUT2D eigenvalue weighted by Crippen LogP contribution is 2.17. The molecule has 0 aliphatic carbocycles. The Morgan fingerprint density at radius 3 is 2.36 bits per heavy atom. The fraction of sp³-hybridized carbons (Fsp3) is 0.500. The summed E-state index contributed by atoms with van der Waals surface area (Å²) in [5.41, 5.74) is 0. The first-order valence-corrected chi connectivity index (χ1v) is 9.57. The number of hydrogen-bond donors (Lipinski definition) is 2. The average molecular weight is 393 g/mol. The monoisotopic (exact) mass is 393 g/mol. The van der Waals surface area contributed by atoms with E-state index in [1.165, 1.54) is 38.6 Å². The number of amides is 2. The molecule has 0 bridgehead atoms. The van der Waals surface area contributed by atoms with E-state index in [0.717, 1.165) is 0 Å². The second-order valence-electron chi connectivity index (χ2n) is 4.70. The number of carbonyl (C=O) groups excluding carboxylic acids is 1. The van der Waals surface area contributed by atoms with Crippen LogP contribution in [0.3, 0.4) is 0 Å². The van der Waals surface area contributed by atoms with Gasteiger partial charge in [0.1, 0.15) is 0 Å². The first-order chi connectivity index (χ1) is 11.7. The molecule has 1 aromatic heterocycles. The summed E-state index contributed by atoms with van der Waals surface area (Å²) in [5.74, 6) is 0.0872. The molecular weight excluding hydrogens is 372 g/mol. The maximum atomic E-state index is 11.9. The number of urea groups is 1. The molecule has 2 N–H and O–H groups in total. The molecule has 1 rings (SSSR count). The molecule has 1 heterocycles. The topological polar surface area (TPSA) is 132 Å². The molecule has 25 heavy (non-hydrogen) atoms. The molecule has 0 fully saturated rings. The highest BCUT2D eigenvalue weighted by Gasteiger charge is 2.20. The van der Waals surface area contributed by atoms with Gasteiger partial charge in [-0.3, -0.25) is 5.32 Å². The Kier molecular flexibility index (Phi) is 7.38. The van der Waals surface area contributed by atoms with E-state index in [2.05, 4.69) is 19.7 Å². The van der Waals surface area contributed by atoms with Crippen LogP contribution < -0.4 is 19.5 Å². The van der Waals surface area contributed by atoms with Crippen LogP contribution in [-0.4, -0.2) is 68.7 Å². The van der Waals surface area contributed by atoms with Gasteiger partial charge in [0.05, 0.1) is 45.8 Å². The van der Waals surface area contributed by atoms with Gasteiger partial charge in [-0.1, -0.05) is 4.40 Å². The lowest BCUT2D eigenvalue weighted by Gasteiger charge is -2.22. The van der Waals surface area contributed by atoms with Crippen molar-refractivity contribution < 1.29 is 26.6 Å². The normalized spacial score (nSPS) is 14.0. The maximum Gasteiger partial charge on any atom is 0.350 e. The summed E-state index contributed by atoms with van der Waals surface area (Å²) < 4.78 is 39.0. The Balaban J connectivity index is 2.84. The van der Waals surface area contributed by atoms with Crippen molar-refractivity contribution in [1.29, 1.82) is 0 Å². The van der Waals surface area contributed by atoms with Crippen LogP contribution >= 0.6 is 11.9 Å². The van der Waals surface area contributed by atoms with Crippen LogP contribution in [0.2, 0.25) is 0 Å². The summed E-state index contributed by atoms with van der Waals surface area (Å²) in [4.78, 5) is 19.6. The third-order valence-corrected chi connectivity index (χ3v) is 5.02. The SMILES string of the molecule is CC[N+](C)(C=NS(=O)(=O)NC(=O)Nc1nc(OC)cc(OC)n1)SC. The molecule has 0 saturated carbocycles. The number of hydrogen-bond acceptors (Lipinski definition) is 8. The number of nitrogens with one attached hydrogen (secondary N) is 2. The number of ether oxygens (including phenoxy) is 2. The van der Waals surface area contributed by atoms with Crippen LogP contribution in [0, 0.1) is 0 Å². The van der Waals surface area contributed by atoms with Gasteiger partial charge in [0.25, 0.3) is 0 Å². The van der Waals surface area contributed by atoms with Crippen LogP contribution in [-0.2, 0) is 10.2 Å². The molecule has 1 aromatic rings.